The maximum absolute atomic E-state index is 13.6. The van der Waals surface area contributed by atoms with Crippen LogP contribution in [0, 0.1) is 11.6 Å². The highest BCUT2D eigenvalue weighted by Gasteiger charge is 2.23. The van der Waals surface area contributed by atoms with Gasteiger partial charge in [0.05, 0.1) is 0 Å². The van der Waals surface area contributed by atoms with Crippen molar-refractivity contribution in [3.8, 4) is 5.75 Å². The van der Waals surface area contributed by atoms with Crippen LogP contribution in [0.1, 0.15) is 27.5 Å². The van der Waals surface area contributed by atoms with E-state index in [0.717, 1.165) is 17.7 Å². The Labute approximate surface area is 183 Å². The molecule has 3 aromatic carbocycles. The summed E-state index contributed by atoms with van der Waals surface area (Å²) in [7, 11) is 1.38. The summed E-state index contributed by atoms with van der Waals surface area (Å²) in [6, 6.07) is 15.4. The first-order valence-electron chi connectivity index (χ1n) is 9.32. The van der Waals surface area contributed by atoms with Crippen LogP contribution in [-0.4, -0.2) is 18.9 Å². The zero-order chi connectivity index (χ0) is 22.4. The Balaban J connectivity index is 1.75. The highest BCUT2D eigenvalue weighted by atomic mass is 35.5. The van der Waals surface area contributed by atoms with E-state index in [4.69, 9.17) is 16.3 Å². The third kappa shape index (κ3) is 5.79. The van der Waals surface area contributed by atoms with Gasteiger partial charge < -0.3 is 15.4 Å². The van der Waals surface area contributed by atoms with Gasteiger partial charge in [0.1, 0.15) is 18.4 Å². The van der Waals surface area contributed by atoms with Crippen molar-refractivity contribution in [3.63, 3.8) is 0 Å². The Morgan fingerprint density at radius 2 is 1.77 bits per heavy atom. The topological polar surface area (TPSA) is 67.4 Å². The van der Waals surface area contributed by atoms with Gasteiger partial charge in [0, 0.05) is 17.6 Å². The summed E-state index contributed by atoms with van der Waals surface area (Å²) in [5, 5.41) is 5.54. The molecule has 1 unspecified atom stereocenters. The van der Waals surface area contributed by atoms with Gasteiger partial charge in [0.15, 0.2) is 11.6 Å². The van der Waals surface area contributed by atoms with E-state index in [1.807, 2.05) is 12.1 Å². The number of benzene rings is 3. The molecule has 0 bridgehead atoms. The number of hydrogen-bond donors (Lipinski definition) is 2. The Kier molecular flexibility index (Phi) is 7.20. The molecule has 2 N–H and O–H groups in total. The van der Waals surface area contributed by atoms with Crippen LogP contribution in [0.5, 0.6) is 5.75 Å². The minimum atomic E-state index is -1.20. The normalized spacial score (nSPS) is 11.5. The van der Waals surface area contributed by atoms with Crippen LogP contribution in [0.3, 0.4) is 0 Å². The van der Waals surface area contributed by atoms with Gasteiger partial charge in [-0.05, 0) is 53.6 Å². The van der Waals surface area contributed by atoms with Crippen molar-refractivity contribution in [1.29, 1.82) is 0 Å². The Bertz CT molecular complexity index is 1110. The molecular weight excluding hydrogens is 426 g/mol. The lowest BCUT2D eigenvalue weighted by molar-refractivity contribution is -0.122. The molecule has 160 valence electrons. The second-order valence-corrected chi connectivity index (χ2v) is 7.08. The Morgan fingerprint density at radius 3 is 2.48 bits per heavy atom. The molecule has 0 spiro atoms. The summed E-state index contributed by atoms with van der Waals surface area (Å²) in [4.78, 5) is 25.0. The Morgan fingerprint density at radius 1 is 1.00 bits per heavy atom. The van der Waals surface area contributed by atoms with Gasteiger partial charge in [-0.1, -0.05) is 35.9 Å². The van der Waals surface area contributed by atoms with Crippen molar-refractivity contribution in [2.75, 3.05) is 7.05 Å². The van der Waals surface area contributed by atoms with Crippen molar-refractivity contribution in [2.24, 2.45) is 0 Å². The van der Waals surface area contributed by atoms with Gasteiger partial charge in [0.2, 0.25) is 5.91 Å². The predicted octanol–water partition coefficient (Wildman–Crippen LogP) is 4.41. The Hall–Kier alpha value is -3.45. The highest BCUT2D eigenvalue weighted by molar-refractivity contribution is 6.30. The van der Waals surface area contributed by atoms with Crippen LogP contribution in [0.4, 0.5) is 8.78 Å². The standard InChI is InChI=1S/C23H19ClF2N2O3/c1-27-23(30)21(15-8-9-19(25)20(26)12-15)28-22(29)16-5-3-7-18(11-16)31-13-14-4-2-6-17(24)10-14/h2-12,21H,13H2,1H3,(H,27,30)(H,28,29). The SMILES string of the molecule is CNC(=O)C(NC(=O)c1cccc(OCc2cccc(Cl)c2)c1)c1ccc(F)c(F)c1. The highest BCUT2D eigenvalue weighted by Crippen LogP contribution is 2.20. The summed E-state index contributed by atoms with van der Waals surface area (Å²) in [6.07, 6.45) is 0. The number of halogens is 3. The van der Waals surface area contributed by atoms with Crippen molar-refractivity contribution < 1.29 is 23.1 Å². The fraction of sp³-hybridized carbons (Fsp3) is 0.130. The van der Waals surface area contributed by atoms with E-state index in [1.54, 1.807) is 30.3 Å². The van der Waals surface area contributed by atoms with Crippen LogP contribution in [-0.2, 0) is 11.4 Å². The monoisotopic (exact) mass is 444 g/mol. The number of hydrogen-bond acceptors (Lipinski definition) is 3. The molecule has 2 amide bonds. The minimum absolute atomic E-state index is 0.111. The smallest absolute Gasteiger partial charge is 0.252 e. The summed E-state index contributed by atoms with van der Waals surface area (Å²) < 4.78 is 32.6. The lowest BCUT2D eigenvalue weighted by atomic mass is 10.0. The molecule has 0 saturated carbocycles. The molecule has 3 rings (SSSR count). The molecule has 0 saturated heterocycles. The molecule has 0 aliphatic rings. The molecule has 0 aliphatic heterocycles. The van der Waals surface area contributed by atoms with Crippen LogP contribution >= 0.6 is 11.6 Å². The lowest BCUT2D eigenvalue weighted by Crippen LogP contribution is -2.39. The summed E-state index contributed by atoms with van der Waals surface area (Å²) in [5.74, 6) is -2.87. The van der Waals surface area contributed by atoms with Crippen molar-refractivity contribution in [2.45, 2.75) is 12.6 Å². The number of likely N-dealkylation sites (N-methyl/N-ethyl adjacent to an activating group) is 1. The summed E-state index contributed by atoms with van der Waals surface area (Å²) >= 11 is 5.96. The van der Waals surface area contributed by atoms with E-state index in [2.05, 4.69) is 10.6 Å². The summed E-state index contributed by atoms with van der Waals surface area (Å²) in [5.41, 5.74) is 1.21. The second-order valence-electron chi connectivity index (χ2n) is 6.64. The predicted molar refractivity (Wildman–Crippen MR) is 113 cm³/mol. The molecule has 1 atom stereocenters. The van der Waals surface area contributed by atoms with Gasteiger partial charge in [-0.3, -0.25) is 9.59 Å². The van der Waals surface area contributed by atoms with Gasteiger partial charge in [0.25, 0.3) is 5.91 Å². The van der Waals surface area contributed by atoms with Gasteiger partial charge in [-0.15, -0.1) is 0 Å². The molecule has 3 aromatic rings. The number of carbonyl (C=O) groups is 2. The molecule has 5 nitrogen and oxygen atoms in total. The molecule has 31 heavy (non-hydrogen) atoms. The summed E-state index contributed by atoms with van der Waals surface area (Å²) in [6.45, 7) is 0.251. The fourth-order valence-corrected chi connectivity index (χ4v) is 3.08. The van der Waals surface area contributed by atoms with Gasteiger partial charge in [-0.25, -0.2) is 8.78 Å². The van der Waals surface area contributed by atoms with Gasteiger partial charge >= 0.3 is 0 Å². The van der Waals surface area contributed by atoms with E-state index in [1.165, 1.54) is 19.2 Å². The van der Waals surface area contributed by atoms with Gasteiger partial charge in [-0.2, -0.15) is 0 Å². The fourth-order valence-electron chi connectivity index (χ4n) is 2.87. The second kappa shape index (κ2) is 10.0. The first-order chi connectivity index (χ1) is 14.9. The molecule has 0 radical (unpaired) electrons. The average Bonchev–Trinajstić information content (AvgIpc) is 2.77. The number of carbonyl (C=O) groups excluding carboxylic acids is 2. The van der Waals surface area contributed by atoms with E-state index in [0.29, 0.717) is 10.8 Å². The molecular formula is C23H19ClF2N2O3. The van der Waals surface area contributed by atoms with E-state index in [9.17, 15) is 18.4 Å². The van der Waals surface area contributed by atoms with Crippen molar-refractivity contribution >= 4 is 23.4 Å². The minimum Gasteiger partial charge on any atom is -0.489 e. The van der Waals surface area contributed by atoms with Crippen LogP contribution in [0.15, 0.2) is 66.7 Å². The van der Waals surface area contributed by atoms with Crippen LogP contribution in [0.25, 0.3) is 0 Å². The molecule has 8 heteroatoms. The quantitative estimate of drug-likeness (QED) is 0.567. The average molecular weight is 445 g/mol. The largest absolute Gasteiger partial charge is 0.489 e. The molecule has 0 aliphatic carbocycles. The third-order valence-electron chi connectivity index (χ3n) is 4.45. The van der Waals surface area contributed by atoms with E-state index >= 15 is 0 Å². The van der Waals surface area contributed by atoms with Crippen molar-refractivity contribution in [3.05, 3.63) is 100 Å². The zero-order valence-electron chi connectivity index (χ0n) is 16.5. The van der Waals surface area contributed by atoms with Crippen LogP contribution in [0.2, 0.25) is 5.02 Å². The number of nitrogens with one attached hydrogen (secondary N) is 2. The van der Waals surface area contributed by atoms with E-state index < -0.39 is 29.5 Å². The number of amides is 2. The lowest BCUT2D eigenvalue weighted by Gasteiger charge is -2.18. The van der Waals surface area contributed by atoms with E-state index in [-0.39, 0.29) is 17.7 Å². The molecule has 0 heterocycles. The van der Waals surface area contributed by atoms with Crippen molar-refractivity contribution in [1.82, 2.24) is 10.6 Å². The van der Waals surface area contributed by atoms with Crippen LogP contribution < -0.4 is 15.4 Å². The maximum atomic E-state index is 13.6. The first-order valence-corrected chi connectivity index (χ1v) is 9.70. The third-order valence-corrected chi connectivity index (χ3v) is 4.69. The number of ether oxygens (including phenoxy) is 1. The zero-order valence-corrected chi connectivity index (χ0v) is 17.2. The number of rotatable bonds is 7. The maximum Gasteiger partial charge on any atom is 0.252 e. The molecule has 0 aromatic heterocycles. The first kappa shape index (κ1) is 22.2. The molecule has 0 fully saturated rings.